The van der Waals surface area contributed by atoms with Gasteiger partial charge in [-0.25, -0.2) is 0 Å². The quantitative estimate of drug-likeness (QED) is 0.157. The fourth-order valence-electron chi connectivity index (χ4n) is 9.30. The van der Waals surface area contributed by atoms with Crippen molar-refractivity contribution in [2.75, 3.05) is 4.90 Å². The zero-order valence-electron chi connectivity index (χ0n) is 32.7. The molecule has 2 nitrogen and oxygen atoms in total. The van der Waals surface area contributed by atoms with Crippen molar-refractivity contribution in [2.24, 2.45) is 0 Å². The summed E-state index contributed by atoms with van der Waals surface area (Å²) in [5.74, 6) is 0. The number of nitrogens with zero attached hydrogens (tertiary/aromatic N) is 1. The molecule has 12 rings (SSSR count). The van der Waals surface area contributed by atoms with Crippen LogP contribution in [-0.2, 0) is 0 Å². The molecule has 0 fully saturated rings. The van der Waals surface area contributed by atoms with E-state index in [2.05, 4.69) is 217 Å². The molecule has 0 unspecified atom stereocenters. The van der Waals surface area contributed by atoms with Gasteiger partial charge in [0.1, 0.15) is 11.2 Å². The molecule has 0 N–H and O–H groups in total. The third-order valence-electron chi connectivity index (χ3n) is 12.2. The summed E-state index contributed by atoms with van der Waals surface area (Å²) in [5, 5.41) is 12.4. The number of anilines is 3. The maximum absolute atomic E-state index is 6.44. The van der Waals surface area contributed by atoms with Crippen LogP contribution in [-0.4, -0.2) is 0 Å². The zero-order chi connectivity index (χ0) is 39.6. The molecule has 0 saturated carbocycles. The maximum Gasteiger partial charge on any atom is 0.143 e. The topological polar surface area (TPSA) is 16.4 Å². The van der Waals surface area contributed by atoms with Crippen LogP contribution in [0.2, 0.25) is 0 Å². The number of benzene rings is 11. The molecule has 0 amide bonds. The van der Waals surface area contributed by atoms with Crippen LogP contribution in [0.25, 0.3) is 98.4 Å². The van der Waals surface area contributed by atoms with E-state index in [4.69, 9.17) is 4.42 Å². The Bertz CT molecular complexity index is 3560. The molecule has 0 saturated heterocycles. The molecule has 0 atom stereocenters. The normalized spacial score (nSPS) is 11.7. The van der Waals surface area contributed by atoms with Crippen molar-refractivity contribution < 1.29 is 4.42 Å². The highest BCUT2D eigenvalue weighted by Crippen LogP contribution is 2.42. The van der Waals surface area contributed by atoms with E-state index in [-0.39, 0.29) is 0 Å². The second kappa shape index (κ2) is 13.9. The molecule has 1 heterocycles. The standard InChI is InChI=1S/C58H37NO/c1-2-12-41-35-43(24-23-38(41)11-1)42-13-9-14-47(36-42)59(46-32-27-40(28-33-46)48-20-10-21-55-54-19-7-8-22-57(54)60-58(48)55)45-30-25-39(26-31-45)44-29-34-53-51-17-4-3-15-49(51)50-16-5-6-18-52(50)56(53)37-44/h1-37H. The van der Waals surface area contributed by atoms with E-state index in [1.807, 2.05) is 12.1 Å². The van der Waals surface area contributed by atoms with Gasteiger partial charge in [0.25, 0.3) is 0 Å². The molecule has 0 bridgehead atoms. The van der Waals surface area contributed by atoms with Gasteiger partial charge in [0.2, 0.25) is 0 Å². The summed E-state index contributed by atoms with van der Waals surface area (Å²) in [6, 6.07) is 81.3. The van der Waals surface area contributed by atoms with Crippen LogP contribution in [0.15, 0.2) is 229 Å². The predicted molar refractivity (Wildman–Crippen MR) is 255 cm³/mol. The Morgan fingerprint density at radius 3 is 1.52 bits per heavy atom. The van der Waals surface area contributed by atoms with Gasteiger partial charge in [-0.05, 0) is 126 Å². The summed E-state index contributed by atoms with van der Waals surface area (Å²) >= 11 is 0. The van der Waals surface area contributed by atoms with E-state index in [1.165, 1.54) is 65.3 Å². The fourth-order valence-corrected chi connectivity index (χ4v) is 9.30. The lowest BCUT2D eigenvalue weighted by molar-refractivity contribution is 0.670. The molecule has 0 spiro atoms. The average molecular weight is 764 g/mol. The highest BCUT2D eigenvalue weighted by Gasteiger charge is 2.17. The van der Waals surface area contributed by atoms with Gasteiger partial charge in [-0.3, -0.25) is 0 Å². The van der Waals surface area contributed by atoms with Crippen LogP contribution in [0.3, 0.4) is 0 Å². The van der Waals surface area contributed by atoms with E-state index >= 15 is 0 Å². The largest absolute Gasteiger partial charge is 0.455 e. The van der Waals surface area contributed by atoms with Crippen molar-refractivity contribution in [2.45, 2.75) is 0 Å². The summed E-state index contributed by atoms with van der Waals surface area (Å²) in [6.07, 6.45) is 0. The first-order valence-corrected chi connectivity index (χ1v) is 20.6. The molecular weight excluding hydrogens is 727 g/mol. The fraction of sp³-hybridized carbons (Fsp3) is 0. The average Bonchev–Trinajstić information content (AvgIpc) is 3.71. The second-order valence-corrected chi connectivity index (χ2v) is 15.7. The minimum absolute atomic E-state index is 0.906. The Balaban J connectivity index is 0.965. The SMILES string of the molecule is c1cc(-c2ccc3ccccc3c2)cc(N(c2ccc(-c3ccc4c5ccccc5c5ccccc5c4c3)cc2)c2ccc(-c3cccc4c3oc3ccccc34)cc2)c1. The van der Waals surface area contributed by atoms with Gasteiger partial charge in [0.05, 0.1) is 0 Å². The number of furan rings is 1. The van der Waals surface area contributed by atoms with Crippen molar-refractivity contribution in [3.05, 3.63) is 224 Å². The molecule has 0 radical (unpaired) electrons. The minimum atomic E-state index is 0.906. The summed E-state index contributed by atoms with van der Waals surface area (Å²) in [5.41, 5.74) is 12.0. The van der Waals surface area contributed by atoms with E-state index in [0.29, 0.717) is 0 Å². The Hall–Kier alpha value is -7.94. The van der Waals surface area contributed by atoms with Crippen molar-refractivity contribution in [3.8, 4) is 33.4 Å². The van der Waals surface area contributed by atoms with Crippen LogP contribution in [0.5, 0.6) is 0 Å². The van der Waals surface area contributed by atoms with E-state index in [0.717, 1.165) is 50.1 Å². The Morgan fingerprint density at radius 2 is 0.783 bits per heavy atom. The van der Waals surface area contributed by atoms with Gasteiger partial charge in [0, 0.05) is 33.4 Å². The van der Waals surface area contributed by atoms with E-state index in [1.54, 1.807) is 0 Å². The highest BCUT2D eigenvalue weighted by atomic mass is 16.3. The van der Waals surface area contributed by atoms with Crippen LogP contribution in [0.1, 0.15) is 0 Å². The third kappa shape index (κ3) is 5.65. The van der Waals surface area contributed by atoms with Crippen molar-refractivity contribution in [3.63, 3.8) is 0 Å². The molecule has 60 heavy (non-hydrogen) atoms. The first-order valence-electron chi connectivity index (χ1n) is 20.6. The van der Waals surface area contributed by atoms with Crippen LogP contribution in [0.4, 0.5) is 17.1 Å². The van der Waals surface area contributed by atoms with Gasteiger partial charge >= 0.3 is 0 Å². The zero-order valence-corrected chi connectivity index (χ0v) is 32.7. The maximum atomic E-state index is 6.44. The van der Waals surface area contributed by atoms with Gasteiger partial charge in [-0.1, -0.05) is 170 Å². The van der Waals surface area contributed by atoms with Crippen molar-refractivity contribution in [1.82, 2.24) is 0 Å². The molecule has 0 aliphatic heterocycles. The molecule has 280 valence electrons. The van der Waals surface area contributed by atoms with Crippen LogP contribution < -0.4 is 4.90 Å². The number of hydrogen-bond donors (Lipinski definition) is 0. The minimum Gasteiger partial charge on any atom is -0.455 e. The lowest BCUT2D eigenvalue weighted by atomic mass is 9.92. The molecule has 11 aromatic carbocycles. The molecule has 0 aliphatic rings. The summed E-state index contributed by atoms with van der Waals surface area (Å²) in [4.78, 5) is 2.36. The van der Waals surface area contributed by atoms with Crippen LogP contribution in [0, 0.1) is 0 Å². The number of rotatable bonds is 6. The molecule has 0 aliphatic carbocycles. The predicted octanol–water partition coefficient (Wildman–Crippen LogP) is 16.7. The first-order chi connectivity index (χ1) is 29.7. The highest BCUT2D eigenvalue weighted by molar-refractivity contribution is 6.25. The number of fused-ring (bicyclic) bond motifs is 10. The number of para-hydroxylation sites is 2. The van der Waals surface area contributed by atoms with E-state index in [9.17, 15) is 0 Å². The Morgan fingerprint density at radius 1 is 0.267 bits per heavy atom. The van der Waals surface area contributed by atoms with Gasteiger partial charge in [0.15, 0.2) is 0 Å². The lowest BCUT2D eigenvalue weighted by Crippen LogP contribution is -2.10. The monoisotopic (exact) mass is 763 g/mol. The summed E-state index contributed by atoms with van der Waals surface area (Å²) < 4.78 is 6.44. The Labute approximate surface area is 347 Å². The van der Waals surface area contributed by atoms with Gasteiger partial charge < -0.3 is 9.32 Å². The lowest BCUT2D eigenvalue weighted by Gasteiger charge is -2.26. The van der Waals surface area contributed by atoms with Crippen LogP contribution >= 0.6 is 0 Å². The summed E-state index contributed by atoms with van der Waals surface area (Å²) in [7, 11) is 0. The molecular formula is C58H37NO. The molecule has 12 aromatic rings. The smallest absolute Gasteiger partial charge is 0.143 e. The van der Waals surface area contributed by atoms with Gasteiger partial charge in [-0.2, -0.15) is 0 Å². The van der Waals surface area contributed by atoms with Gasteiger partial charge in [-0.15, -0.1) is 0 Å². The van der Waals surface area contributed by atoms with Crippen molar-refractivity contribution in [1.29, 1.82) is 0 Å². The van der Waals surface area contributed by atoms with E-state index < -0.39 is 0 Å². The first kappa shape index (κ1) is 34.1. The number of hydrogen-bond acceptors (Lipinski definition) is 2. The van der Waals surface area contributed by atoms with Crippen molar-refractivity contribution >= 4 is 82.1 Å². The Kier molecular flexibility index (Phi) is 7.89. The molecule has 1 aromatic heterocycles. The summed E-state index contributed by atoms with van der Waals surface area (Å²) in [6.45, 7) is 0. The third-order valence-corrected chi connectivity index (χ3v) is 12.2. The second-order valence-electron chi connectivity index (χ2n) is 15.7. The molecule has 2 heteroatoms.